The van der Waals surface area contributed by atoms with E-state index in [4.69, 9.17) is 5.26 Å². The molecular weight excluding hydrogens is 317 g/mol. The summed E-state index contributed by atoms with van der Waals surface area (Å²) in [5.74, 6) is -1.40. The second-order valence-electron chi connectivity index (χ2n) is 5.81. The van der Waals surface area contributed by atoms with Crippen LogP contribution in [0.5, 0.6) is 0 Å². The molecular formula is C20H18FN3O. The summed E-state index contributed by atoms with van der Waals surface area (Å²) in [5, 5.41) is 20.8. The molecule has 0 aliphatic rings. The SMILES string of the molecule is Cc1cc(F)ccc1CCNC(=O)C(C#N)Cc1ccc(C#N)cc1. The van der Waals surface area contributed by atoms with Gasteiger partial charge in [-0.3, -0.25) is 4.79 Å². The van der Waals surface area contributed by atoms with E-state index in [1.807, 2.05) is 19.1 Å². The van der Waals surface area contributed by atoms with Crippen molar-refractivity contribution in [3.63, 3.8) is 0 Å². The Morgan fingerprint density at radius 1 is 1.20 bits per heavy atom. The molecule has 0 aliphatic carbocycles. The molecule has 1 atom stereocenters. The van der Waals surface area contributed by atoms with Crippen LogP contribution in [0, 0.1) is 41.3 Å². The molecule has 0 saturated heterocycles. The van der Waals surface area contributed by atoms with Gasteiger partial charge in [-0.15, -0.1) is 0 Å². The minimum atomic E-state index is -0.790. The quantitative estimate of drug-likeness (QED) is 0.881. The lowest BCUT2D eigenvalue weighted by molar-refractivity contribution is -0.123. The summed E-state index contributed by atoms with van der Waals surface area (Å²) < 4.78 is 13.1. The first-order chi connectivity index (χ1) is 12.0. The van der Waals surface area contributed by atoms with E-state index >= 15 is 0 Å². The highest BCUT2D eigenvalue weighted by Gasteiger charge is 2.18. The van der Waals surface area contributed by atoms with Gasteiger partial charge in [0.1, 0.15) is 11.7 Å². The number of halogens is 1. The van der Waals surface area contributed by atoms with E-state index in [0.717, 1.165) is 16.7 Å². The molecule has 2 rings (SSSR count). The lowest BCUT2D eigenvalue weighted by atomic mass is 9.99. The molecule has 0 heterocycles. The van der Waals surface area contributed by atoms with Crippen LogP contribution < -0.4 is 5.32 Å². The summed E-state index contributed by atoms with van der Waals surface area (Å²) >= 11 is 0. The molecule has 25 heavy (non-hydrogen) atoms. The van der Waals surface area contributed by atoms with Gasteiger partial charge in [-0.1, -0.05) is 18.2 Å². The second-order valence-corrected chi connectivity index (χ2v) is 5.81. The maximum atomic E-state index is 13.1. The number of amides is 1. The van der Waals surface area contributed by atoms with Gasteiger partial charge >= 0.3 is 0 Å². The Morgan fingerprint density at radius 3 is 2.52 bits per heavy atom. The van der Waals surface area contributed by atoms with Crippen LogP contribution in [0.4, 0.5) is 4.39 Å². The normalized spacial score (nSPS) is 11.2. The van der Waals surface area contributed by atoms with Crippen molar-refractivity contribution in [3.05, 3.63) is 70.5 Å². The van der Waals surface area contributed by atoms with Crippen LogP contribution in [-0.4, -0.2) is 12.5 Å². The molecule has 1 amide bonds. The summed E-state index contributed by atoms with van der Waals surface area (Å²) in [7, 11) is 0. The molecule has 0 aromatic heterocycles. The van der Waals surface area contributed by atoms with E-state index in [1.54, 1.807) is 30.3 Å². The van der Waals surface area contributed by atoms with Crippen molar-refractivity contribution in [2.24, 2.45) is 5.92 Å². The van der Waals surface area contributed by atoms with Gasteiger partial charge in [0.25, 0.3) is 0 Å². The monoisotopic (exact) mass is 335 g/mol. The van der Waals surface area contributed by atoms with Crippen LogP contribution >= 0.6 is 0 Å². The highest BCUT2D eigenvalue weighted by atomic mass is 19.1. The number of nitriles is 2. The molecule has 0 radical (unpaired) electrons. The number of benzene rings is 2. The number of hydrogen-bond acceptors (Lipinski definition) is 3. The molecule has 0 spiro atoms. The van der Waals surface area contributed by atoms with Crippen molar-refractivity contribution in [2.75, 3.05) is 6.54 Å². The zero-order chi connectivity index (χ0) is 18.2. The smallest absolute Gasteiger partial charge is 0.237 e. The van der Waals surface area contributed by atoms with Crippen LogP contribution in [0.25, 0.3) is 0 Å². The number of carbonyl (C=O) groups is 1. The van der Waals surface area contributed by atoms with Crippen LogP contribution in [0.1, 0.15) is 22.3 Å². The van der Waals surface area contributed by atoms with Gasteiger partial charge in [0.2, 0.25) is 5.91 Å². The standard InChI is InChI=1S/C20H18FN3O/c1-14-10-19(21)7-6-17(14)8-9-24-20(25)18(13-23)11-15-2-4-16(12-22)5-3-15/h2-7,10,18H,8-9,11H2,1H3,(H,24,25). The topological polar surface area (TPSA) is 76.7 Å². The van der Waals surface area contributed by atoms with Crippen LogP contribution in [0.2, 0.25) is 0 Å². The average Bonchev–Trinajstić information content (AvgIpc) is 2.61. The molecule has 1 N–H and O–H groups in total. The fourth-order valence-corrected chi connectivity index (χ4v) is 2.53. The highest BCUT2D eigenvalue weighted by Crippen LogP contribution is 2.12. The van der Waals surface area contributed by atoms with Crippen LogP contribution in [-0.2, 0) is 17.6 Å². The lowest BCUT2D eigenvalue weighted by Crippen LogP contribution is -2.32. The molecule has 4 nitrogen and oxygen atoms in total. The Balaban J connectivity index is 1.89. The van der Waals surface area contributed by atoms with Gasteiger partial charge in [0.15, 0.2) is 0 Å². The average molecular weight is 335 g/mol. The molecule has 5 heteroatoms. The third kappa shape index (κ3) is 5.16. The molecule has 1 unspecified atom stereocenters. The molecule has 126 valence electrons. The molecule has 2 aromatic rings. The van der Waals surface area contributed by atoms with Crippen LogP contribution in [0.15, 0.2) is 42.5 Å². The van der Waals surface area contributed by atoms with Crippen molar-refractivity contribution in [1.82, 2.24) is 5.32 Å². The van der Waals surface area contributed by atoms with E-state index in [2.05, 4.69) is 5.32 Å². The Hall–Kier alpha value is -3.18. The molecule has 2 aromatic carbocycles. The first kappa shape index (κ1) is 18.2. The highest BCUT2D eigenvalue weighted by molar-refractivity contribution is 5.81. The Labute approximate surface area is 146 Å². The van der Waals surface area contributed by atoms with Crippen LogP contribution in [0.3, 0.4) is 0 Å². The van der Waals surface area contributed by atoms with Crippen molar-refractivity contribution in [3.8, 4) is 12.1 Å². The van der Waals surface area contributed by atoms with Crippen molar-refractivity contribution in [2.45, 2.75) is 19.8 Å². The molecule has 0 bridgehead atoms. The van der Waals surface area contributed by atoms with E-state index in [0.29, 0.717) is 24.9 Å². The first-order valence-corrected chi connectivity index (χ1v) is 7.95. The predicted octanol–water partition coefficient (Wildman–Crippen LogP) is 3.05. The number of carbonyl (C=O) groups excluding carboxylic acids is 1. The summed E-state index contributed by atoms with van der Waals surface area (Å²) in [6.45, 7) is 2.21. The summed E-state index contributed by atoms with van der Waals surface area (Å²) in [4.78, 5) is 12.2. The summed E-state index contributed by atoms with van der Waals surface area (Å²) in [6.07, 6.45) is 0.872. The van der Waals surface area contributed by atoms with E-state index in [-0.39, 0.29) is 11.7 Å². The van der Waals surface area contributed by atoms with Gasteiger partial charge in [-0.25, -0.2) is 4.39 Å². The van der Waals surface area contributed by atoms with Crippen molar-refractivity contribution < 1.29 is 9.18 Å². The molecule has 0 saturated carbocycles. The number of hydrogen-bond donors (Lipinski definition) is 1. The Kier molecular flexibility index (Phi) is 6.26. The minimum absolute atomic E-state index is 0.280. The van der Waals surface area contributed by atoms with Gasteiger partial charge in [0.05, 0.1) is 17.7 Å². The third-order valence-electron chi connectivity index (χ3n) is 3.99. The fraction of sp³-hybridized carbons (Fsp3) is 0.250. The predicted molar refractivity (Wildman–Crippen MR) is 91.8 cm³/mol. The van der Waals surface area contributed by atoms with Gasteiger partial charge in [-0.2, -0.15) is 10.5 Å². The largest absolute Gasteiger partial charge is 0.355 e. The number of nitrogens with zero attached hydrogens (tertiary/aromatic N) is 2. The van der Waals surface area contributed by atoms with Gasteiger partial charge in [0, 0.05) is 6.54 Å². The van der Waals surface area contributed by atoms with Crippen molar-refractivity contribution >= 4 is 5.91 Å². The number of rotatable bonds is 6. The fourth-order valence-electron chi connectivity index (χ4n) is 2.53. The Morgan fingerprint density at radius 2 is 1.92 bits per heavy atom. The summed E-state index contributed by atoms with van der Waals surface area (Å²) in [6, 6.07) is 15.4. The summed E-state index contributed by atoms with van der Waals surface area (Å²) in [5.41, 5.74) is 3.16. The maximum absolute atomic E-state index is 13.1. The number of aryl methyl sites for hydroxylation is 1. The van der Waals surface area contributed by atoms with E-state index in [1.165, 1.54) is 12.1 Å². The maximum Gasteiger partial charge on any atom is 0.237 e. The second kappa shape index (κ2) is 8.61. The molecule has 0 fully saturated rings. The lowest BCUT2D eigenvalue weighted by Gasteiger charge is -2.11. The van der Waals surface area contributed by atoms with Gasteiger partial charge < -0.3 is 5.32 Å². The molecule has 0 aliphatic heterocycles. The third-order valence-corrected chi connectivity index (χ3v) is 3.99. The zero-order valence-corrected chi connectivity index (χ0v) is 13.9. The first-order valence-electron chi connectivity index (χ1n) is 7.95. The zero-order valence-electron chi connectivity index (χ0n) is 13.9. The van der Waals surface area contributed by atoms with E-state index in [9.17, 15) is 14.4 Å². The van der Waals surface area contributed by atoms with Gasteiger partial charge in [-0.05, 0) is 60.7 Å². The Bertz CT molecular complexity index is 832. The minimum Gasteiger partial charge on any atom is -0.355 e. The van der Waals surface area contributed by atoms with E-state index < -0.39 is 5.92 Å². The van der Waals surface area contributed by atoms with Crippen molar-refractivity contribution in [1.29, 1.82) is 10.5 Å². The number of nitrogens with one attached hydrogen (secondary N) is 1.